The van der Waals surface area contributed by atoms with Gasteiger partial charge in [-0.3, -0.25) is 4.79 Å². The van der Waals surface area contributed by atoms with Gasteiger partial charge in [0.1, 0.15) is 17.9 Å². The van der Waals surface area contributed by atoms with Crippen LogP contribution in [0.1, 0.15) is 80.6 Å². The molecule has 2 N–H and O–H groups in total. The van der Waals surface area contributed by atoms with Crippen LogP contribution >= 0.6 is 0 Å². The van der Waals surface area contributed by atoms with Gasteiger partial charge in [0.05, 0.1) is 6.10 Å². The van der Waals surface area contributed by atoms with Crippen LogP contribution < -0.4 is 0 Å². The van der Waals surface area contributed by atoms with Crippen molar-refractivity contribution in [1.29, 1.82) is 0 Å². The Balaban J connectivity index is 1.69. The van der Waals surface area contributed by atoms with Crippen molar-refractivity contribution in [2.45, 2.75) is 97.9 Å². The normalized spacial score (nSPS) is 47.0. The van der Waals surface area contributed by atoms with Crippen LogP contribution in [-0.4, -0.2) is 45.7 Å². The predicted octanol–water partition coefficient (Wildman–Crippen LogP) is 5.16. The van der Waals surface area contributed by atoms with E-state index in [4.69, 9.17) is 4.84 Å². The number of halogens is 1. The van der Waals surface area contributed by atoms with Gasteiger partial charge in [-0.15, -0.1) is 0 Å². The number of ketones is 1. The topological polar surface area (TPSA) is 79.1 Å². The molecule has 0 aromatic carbocycles. The van der Waals surface area contributed by atoms with Crippen molar-refractivity contribution >= 4 is 11.5 Å². The summed E-state index contributed by atoms with van der Waals surface area (Å²) in [6.45, 7) is 14.1. The highest BCUT2D eigenvalue weighted by molar-refractivity contribution is 6.05. The molecule has 4 aliphatic rings. The molecule has 0 bridgehead atoms. The SMILES string of the molecule is CCC(=O)[C@@]1(O)[C@H](C)C[C@H]2[C@@H]3CCC4=C/C(=N/OCC(C)(C)C)C=C[C@]4(C)[C@@]3(F)[C@@H](O)C[C@@]21C. The first-order chi connectivity index (χ1) is 15.6. The van der Waals surface area contributed by atoms with Crippen LogP contribution in [0.3, 0.4) is 0 Å². The van der Waals surface area contributed by atoms with Crippen molar-refractivity contribution in [2.75, 3.05) is 6.61 Å². The number of hydrogen-bond acceptors (Lipinski definition) is 5. The van der Waals surface area contributed by atoms with E-state index in [0.717, 1.165) is 5.57 Å². The summed E-state index contributed by atoms with van der Waals surface area (Å²) in [6.07, 6.45) is 6.43. The number of rotatable bonds is 4. The molecule has 0 aliphatic heterocycles. The van der Waals surface area contributed by atoms with Gasteiger partial charge in [0, 0.05) is 23.2 Å². The third-order valence-corrected chi connectivity index (χ3v) is 9.65. The molecule has 0 radical (unpaired) electrons. The minimum atomic E-state index is -1.88. The zero-order chi connectivity index (χ0) is 25.3. The van der Waals surface area contributed by atoms with E-state index in [1.165, 1.54) is 0 Å². The Labute approximate surface area is 203 Å². The molecule has 0 aromatic rings. The Morgan fingerprint density at radius 1 is 1.29 bits per heavy atom. The maximum atomic E-state index is 17.4. The van der Waals surface area contributed by atoms with Crippen molar-refractivity contribution in [2.24, 2.45) is 39.2 Å². The predicted molar refractivity (Wildman–Crippen MR) is 131 cm³/mol. The van der Waals surface area contributed by atoms with E-state index in [0.29, 0.717) is 31.6 Å². The molecular weight excluding hydrogens is 433 g/mol. The van der Waals surface area contributed by atoms with Crippen LogP contribution in [0.4, 0.5) is 4.39 Å². The largest absolute Gasteiger partial charge is 0.395 e. The number of carbonyl (C=O) groups is 1. The summed E-state index contributed by atoms with van der Waals surface area (Å²) in [5.74, 6) is -1.08. The molecule has 0 saturated heterocycles. The van der Waals surface area contributed by atoms with Gasteiger partial charge in [-0.2, -0.15) is 0 Å². The molecule has 4 aliphatic carbocycles. The molecule has 4 rings (SSSR count). The van der Waals surface area contributed by atoms with Gasteiger partial charge < -0.3 is 15.1 Å². The lowest BCUT2D eigenvalue weighted by Gasteiger charge is -2.62. The molecule has 0 unspecified atom stereocenters. The van der Waals surface area contributed by atoms with Crippen LogP contribution in [0.2, 0.25) is 0 Å². The highest BCUT2D eigenvalue weighted by atomic mass is 19.1. The summed E-state index contributed by atoms with van der Waals surface area (Å²) >= 11 is 0. The highest BCUT2D eigenvalue weighted by Gasteiger charge is 2.75. The van der Waals surface area contributed by atoms with E-state index < -0.39 is 34.1 Å². The number of carbonyl (C=O) groups excluding carboxylic acids is 1. The molecule has 0 spiro atoms. The zero-order valence-corrected chi connectivity index (χ0v) is 21.8. The fourth-order valence-electron chi connectivity index (χ4n) is 7.78. The lowest BCUT2D eigenvalue weighted by Crippen LogP contribution is -2.69. The summed E-state index contributed by atoms with van der Waals surface area (Å²) < 4.78 is 17.4. The van der Waals surface area contributed by atoms with Gasteiger partial charge in [-0.05, 0) is 62.0 Å². The number of fused-ring (bicyclic) bond motifs is 5. The number of hydrogen-bond donors (Lipinski definition) is 2. The fraction of sp³-hybridized carbons (Fsp3) is 0.786. The van der Waals surface area contributed by atoms with Crippen molar-refractivity contribution in [3.63, 3.8) is 0 Å². The summed E-state index contributed by atoms with van der Waals surface area (Å²) in [6, 6.07) is 0. The van der Waals surface area contributed by atoms with Gasteiger partial charge >= 0.3 is 0 Å². The standard InChI is InChI=1S/C28H42FNO4/c1-8-22(31)28(33)17(2)13-21-20-10-9-18-14-19(30-34-16-24(3,4)5)11-12-25(18,6)27(20,29)23(32)15-26(21,28)7/h11-12,14,17,20-21,23,32-33H,8-10,13,15-16H2,1-7H3/b30-19+/t17-,20+,21+,23+,25+,26+,27+,28+/m1/s1. The molecule has 5 nitrogen and oxygen atoms in total. The Bertz CT molecular complexity index is 951. The van der Waals surface area contributed by atoms with Crippen molar-refractivity contribution in [3.8, 4) is 0 Å². The number of nitrogens with zero attached hydrogens (tertiary/aromatic N) is 1. The van der Waals surface area contributed by atoms with Gasteiger partial charge in [0.25, 0.3) is 0 Å². The highest BCUT2D eigenvalue weighted by Crippen LogP contribution is 2.70. The smallest absolute Gasteiger partial charge is 0.164 e. The van der Waals surface area contributed by atoms with E-state index in [-0.39, 0.29) is 35.9 Å². The first kappa shape index (κ1) is 25.6. The molecule has 6 heteroatoms. The molecule has 0 aromatic heterocycles. The van der Waals surface area contributed by atoms with Crippen LogP contribution in [-0.2, 0) is 9.63 Å². The number of Topliss-reactive ketones (excluding diaryl/α,β-unsaturated/α-hetero) is 1. The van der Waals surface area contributed by atoms with Crippen molar-refractivity contribution in [3.05, 3.63) is 23.8 Å². The second-order valence-electron chi connectivity index (χ2n) is 12.9. The van der Waals surface area contributed by atoms with Crippen molar-refractivity contribution in [1.82, 2.24) is 0 Å². The first-order valence-corrected chi connectivity index (χ1v) is 12.9. The number of alkyl halides is 1. The number of aliphatic hydroxyl groups is 2. The van der Waals surface area contributed by atoms with Crippen molar-refractivity contribution < 1.29 is 24.2 Å². The Morgan fingerprint density at radius 2 is 1.97 bits per heavy atom. The second-order valence-corrected chi connectivity index (χ2v) is 12.9. The van der Waals surface area contributed by atoms with Crippen LogP contribution in [0, 0.1) is 34.0 Å². The monoisotopic (exact) mass is 475 g/mol. The molecule has 0 amide bonds. The van der Waals surface area contributed by atoms with E-state index in [9.17, 15) is 15.0 Å². The zero-order valence-electron chi connectivity index (χ0n) is 21.8. The van der Waals surface area contributed by atoms with Crippen LogP contribution in [0.25, 0.3) is 0 Å². The van der Waals surface area contributed by atoms with Gasteiger partial charge in [0.15, 0.2) is 11.5 Å². The fourth-order valence-corrected chi connectivity index (χ4v) is 7.78. The summed E-state index contributed by atoms with van der Waals surface area (Å²) in [5.41, 5.74) is -3.66. The molecular formula is C28H42FNO4. The molecule has 190 valence electrons. The quantitative estimate of drug-likeness (QED) is 0.550. The van der Waals surface area contributed by atoms with Gasteiger partial charge in [-0.25, -0.2) is 4.39 Å². The van der Waals surface area contributed by atoms with E-state index in [1.54, 1.807) is 13.0 Å². The van der Waals surface area contributed by atoms with E-state index >= 15 is 4.39 Å². The minimum Gasteiger partial charge on any atom is -0.395 e. The molecule has 0 heterocycles. The first-order valence-electron chi connectivity index (χ1n) is 12.9. The number of oxime groups is 1. The maximum absolute atomic E-state index is 17.4. The lowest BCUT2D eigenvalue weighted by atomic mass is 9.44. The van der Waals surface area contributed by atoms with Crippen LogP contribution in [0.15, 0.2) is 29.0 Å². The Kier molecular flexibility index (Phi) is 6.01. The maximum Gasteiger partial charge on any atom is 0.164 e. The molecule has 8 atom stereocenters. The number of aliphatic hydroxyl groups excluding tert-OH is 1. The lowest BCUT2D eigenvalue weighted by molar-refractivity contribution is -0.218. The summed E-state index contributed by atoms with van der Waals surface area (Å²) in [4.78, 5) is 18.5. The second kappa shape index (κ2) is 7.99. The third kappa shape index (κ3) is 3.31. The Hall–Kier alpha value is -1.53. The molecule has 34 heavy (non-hydrogen) atoms. The summed E-state index contributed by atoms with van der Waals surface area (Å²) in [5, 5.41) is 27.4. The average molecular weight is 476 g/mol. The Morgan fingerprint density at radius 3 is 2.59 bits per heavy atom. The third-order valence-electron chi connectivity index (χ3n) is 9.65. The molecule has 3 saturated carbocycles. The van der Waals surface area contributed by atoms with E-state index in [1.807, 2.05) is 32.9 Å². The number of allylic oxidation sites excluding steroid dienone is 4. The minimum absolute atomic E-state index is 0.0104. The summed E-state index contributed by atoms with van der Waals surface area (Å²) in [7, 11) is 0. The van der Waals surface area contributed by atoms with Crippen LogP contribution in [0.5, 0.6) is 0 Å². The van der Waals surface area contributed by atoms with Gasteiger partial charge in [0.2, 0.25) is 0 Å². The average Bonchev–Trinajstić information content (AvgIpc) is 2.95. The van der Waals surface area contributed by atoms with E-state index in [2.05, 4.69) is 25.9 Å². The van der Waals surface area contributed by atoms with Gasteiger partial charge in [-0.1, -0.05) is 58.3 Å². The molecule has 3 fully saturated rings.